The van der Waals surface area contributed by atoms with Crippen molar-refractivity contribution in [1.29, 1.82) is 0 Å². The normalized spacial score (nSPS) is 12.0. The van der Waals surface area contributed by atoms with Crippen LogP contribution in [0.2, 0.25) is 0 Å². The first-order chi connectivity index (χ1) is 11.9. The highest BCUT2D eigenvalue weighted by Crippen LogP contribution is 2.21. The molecule has 0 spiro atoms. The molecule has 2 aromatic carbocycles. The monoisotopic (exact) mass is 338 g/mol. The lowest BCUT2D eigenvalue weighted by Crippen LogP contribution is -2.31. The minimum atomic E-state index is -0.390. The van der Waals surface area contributed by atoms with Crippen LogP contribution < -0.4 is 15.5 Å². The lowest BCUT2D eigenvalue weighted by molar-refractivity contribution is -0.116. The van der Waals surface area contributed by atoms with Gasteiger partial charge in [-0.1, -0.05) is 0 Å². The first-order valence-electron chi connectivity index (χ1n) is 8.14. The van der Waals surface area contributed by atoms with Gasteiger partial charge in [-0.3, -0.25) is 4.79 Å². The van der Waals surface area contributed by atoms with E-state index in [9.17, 15) is 4.79 Å². The van der Waals surface area contributed by atoms with E-state index in [0.717, 1.165) is 28.2 Å². The molecular weight excluding hydrogens is 316 g/mol. The van der Waals surface area contributed by atoms with Crippen molar-refractivity contribution < 1.29 is 9.21 Å². The van der Waals surface area contributed by atoms with E-state index in [1.54, 1.807) is 0 Å². The van der Waals surface area contributed by atoms with Gasteiger partial charge in [0.25, 0.3) is 0 Å². The van der Waals surface area contributed by atoms with Crippen LogP contribution in [-0.2, 0) is 4.79 Å². The number of nitrogens with one attached hydrogen (secondary N) is 2. The maximum Gasteiger partial charge on any atom is 0.246 e. The standard InChI is InChI=1S/C19H22N4O2/c1-12(19(24)22-14-5-8-16(9-6-14)23(3)4)20-15-7-10-18-17(11-15)21-13(2)25-18/h5-12,20H,1-4H3,(H,22,24). The van der Waals surface area contributed by atoms with Gasteiger partial charge in [0.15, 0.2) is 11.5 Å². The summed E-state index contributed by atoms with van der Waals surface area (Å²) < 4.78 is 5.46. The molecule has 130 valence electrons. The summed E-state index contributed by atoms with van der Waals surface area (Å²) in [5, 5.41) is 6.11. The zero-order valence-electron chi connectivity index (χ0n) is 14.8. The van der Waals surface area contributed by atoms with Crippen LogP contribution in [-0.4, -0.2) is 31.0 Å². The van der Waals surface area contributed by atoms with Crippen molar-refractivity contribution in [2.45, 2.75) is 19.9 Å². The molecule has 3 rings (SSSR count). The number of anilines is 3. The van der Waals surface area contributed by atoms with Gasteiger partial charge in [-0.05, 0) is 49.4 Å². The minimum absolute atomic E-state index is 0.103. The van der Waals surface area contributed by atoms with E-state index in [-0.39, 0.29) is 11.9 Å². The molecule has 6 nitrogen and oxygen atoms in total. The molecule has 0 aliphatic carbocycles. The Hall–Kier alpha value is -3.02. The molecule has 3 aromatic rings. The Morgan fingerprint density at radius 1 is 1.12 bits per heavy atom. The second kappa shape index (κ2) is 6.84. The summed E-state index contributed by atoms with van der Waals surface area (Å²) in [5.74, 6) is 0.521. The smallest absolute Gasteiger partial charge is 0.246 e. The topological polar surface area (TPSA) is 70.4 Å². The van der Waals surface area contributed by atoms with Crippen molar-refractivity contribution in [2.75, 3.05) is 29.6 Å². The van der Waals surface area contributed by atoms with E-state index in [4.69, 9.17) is 4.42 Å². The fourth-order valence-corrected chi connectivity index (χ4v) is 2.54. The molecule has 0 saturated carbocycles. The molecule has 0 aliphatic rings. The number of benzene rings is 2. The minimum Gasteiger partial charge on any atom is -0.441 e. The Morgan fingerprint density at radius 2 is 1.80 bits per heavy atom. The van der Waals surface area contributed by atoms with Crippen LogP contribution in [0.5, 0.6) is 0 Å². The van der Waals surface area contributed by atoms with E-state index in [1.165, 1.54) is 0 Å². The molecule has 2 N–H and O–H groups in total. The number of nitrogens with zero attached hydrogens (tertiary/aromatic N) is 2. The maximum absolute atomic E-state index is 12.4. The fraction of sp³-hybridized carbons (Fsp3) is 0.263. The third-order valence-corrected chi connectivity index (χ3v) is 3.92. The van der Waals surface area contributed by atoms with Crippen molar-refractivity contribution in [3.8, 4) is 0 Å². The highest BCUT2D eigenvalue weighted by Gasteiger charge is 2.14. The summed E-state index contributed by atoms with van der Waals surface area (Å²) in [6.07, 6.45) is 0. The number of amides is 1. The van der Waals surface area contributed by atoms with Crippen molar-refractivity contribution in [1.82, 2.24) is 4.98 Å². The SMILES string of the molecule is Cc1nc2cc(NC(C)C(=O)Nc3ccc(N(C)C)cc3)ccc2o1. The summed E-state index contributed by atoms with van der Waals surface area (Å²) in [5.41, 5.74) is 4.19. The van der Waals surface area contributed by atoms with Gasteiger partial charge < -0.3 is 20.0 Å². The van der Waals surface area contributed by atoms with Crippen LogP contribution in [0.3, 0.4) is 0 Å². The molecular formula is C19H22N4O2. The highest BCUT2D eigenvalue weighted by molar-refractivity contribution is 5.96. The Kier molecular flexibility index (Phi) is 4.61. The Morgan fingerprint density at radius 3 is 2.48 bits per heavy atom. The van der Waals surface area contributed by atoms with E-state index in [1.807, 2.05) is 75.3 Å². The van der Waals surface area contributed by atoms with Gasteiger partial charge in [0.1, 0.15) is 11.6 Å². The van der Waals surface area contributed by atoms with Crippen LogP contribution in [0.25, 0.3) is 11.1 Å². The molecule has 0 saturated heterocycles. The first-order valence-corrected chi connectivity index (χ1v) is 8.14. The summed E-state index contributed by atoms with van der Waals surface area (Å²) >= 11 is 0. The van der Waals surface area contributed by atoms with Crippen LogP contribution in [0.4, 0.5) is 17.1 Å². The Balaban J connectivity index is 1.64. The number of oxazole rings is 1. The molecule has 0 bridgehead atoms. The van der Waals surface area contributed by atoms with Crippen molar-refractivity contribution in [3.63, 3.8) is 0 Å². The summed E-state index contributed by atoms with van der Waals surface area (Å²) in [7, 11) is 3.96. The number of aromatic nitrogens is 1. The number of carbonyl (C=O) groups is 1. The second-order valence-corrected chi connectivity index (χ2v) is 6.21. The molecule has 1 unspecified atom stereocenters. The van der Waals surface area contributed by atoms with Gasteiger partial charge in [0, 0.05) is 38.1 Å². The van der Waals surface area contributed by atoms with E-state index in [0.29, 0.717) is 5.89 Å². The number of hydrogen-bond acceptors (Lipinski definition) is 5. The van der Waals surface area contributed by atoms with Crippen molar-refractivity contribution in [2.24, 2.45) is 0 Å². The lowest BCUT2D eigenvalue weighted by atomic mass is 10.2. The molecule has 1 heterocycles. The highest BCUT2D eigenvalue weighted by atomic mass is 16.3. The van der Waals surface area contributed by atoms with Crippen molar-refractivity contribution in [3.05, 3.63) is 48.4 Å². The molecule has 0 aliphatic heterocycles. The van der Waals surface area contributed by atoms with E-state index >= 15 is 0 Å². The number of aryl methyl sites for hydroxylation is 1. The third kappa shape index (κ3) is 3.91. The lowest BCUT2D eigenvalue weighted by Gasteiger charge is -2.16. The molecule has 1 amide bonds. The zero-order chi connectivity index (χ0) is 18.0. The molecule has 0 radical (unpaired) electrons. The zero-order valence-corrected chi connectivity index (χ0v) is 14.8. The van der Waals surface area contributed by atoms with Gasteiger partial charge in [-0.15, -0.1) is 0 Å². The summed E-state index contributed by atoms with van der Waals surface area (Å²) in [4.78, 5) is 18.7. The Labute approximate surface area is 146 Å². The van der Waals surface area contributed by atoms with Crippen LogP contribution in [0.1, 0.15) is 12.8 Å². The maximum atomic E-state index is 12.4. The second-order valence-electron chi connectivity index (χ2n) is 6.21. The van der Waals surface area contributed by atoms with Crippen molar-refractivity contribution >= 4 is 34.1 Å². The van der Waals surface area contributed by atoms with Crippen LogP contribution >= 0.6 is 0 Å². The average molecular weight is 338 g/mol. The van der Waals surface area contributed by atoms with Gasteiger partial charge in [-0.25, -0.2) is 4.98 Å². The molecule has 0 fully saturated rings. The summed E-state index contributed by atoms with van der Waals surface area (Å²) in [6, 6.07) is 12.9. The largest absolute Gasteiger partial charge is 0.441 e. The molecule has 1 atom stereocenters. The fourth-order valence-electron chi connectivity index (χ4n) is 2.54. The molecule has 1 aromatic heterocycles. The van der Waals surface area contributed by atoms with E-state index < -0.39 is 0 Å². The van der Waals surface area contributed by atoms with Gasteiger partial charge >= 0.3 is 0 Å². The Bertz CT molecular complexity index is 884. The number of fused-ring (bicyclic) bond motifs is 1. The van der Waals surface area contributed by atoms with Gasteiger partial charge in [0.05, 0.1) is 0 Å². The molecule has 6 heteroatoms. The predicted molar refractivity (Wildman–Crippen MR) is 101 cm³/mol. The van der Waals surface area contributed by atoms with Gasteiger partial charge in [-0.2, -0.15) is 0 Å². The average Bonchev–Trinajstić information content (AvgIpc) is 2.94. The molecule has 25 heavy (non-hydrogen) atoms. The predicted octanol–water partition coefficient (Wildman–Crippen LogP) is 3.64. The van der Waals surface area contributed by atoms with E-state index in [2.05, 4.69) is 15.6 Å². The summed E-state index contributed by atoms with van der Waals surface area (Å²) in [6.45, 7) is 3.63. The van der Waals surface area contributed by atoms with Crippen LogP contribution in [0, 0.1) is 6.92 Å². The first kappa shape index (κ1) is 16.8. The number of hydrogen-bond donors (Lipinski definition) is 2. The third-order valence-electron chi connectivity index (χ3n) is 3.92. The quantitative estimate of drug-likeness (QED) is 0.743. The number of rotatable bonds is 5. The van der Waals surface area contributed by atoms with Gasteiger partial charge in [0.2, 0.25) is 5.91 Å². The number of carbonyl (C=O) groups excluding carboxylic acids is 1. The van der Waals surface area contributed by atoms with Crippen LogP contribution in [0.15, 0.2) is 46.9 Å².